The molecule has 0 aromatic carbocycles. The number of hydrogen-bond acceptors (Lipinski definition) is 3. The van der Waals surface area contributed by atoms with E-state index in [1.165, 1.54) is 26.4 Å². The first-order chi connectivity index (χ1) is 7.20. The number of carbonyl (C=O) groups excluding carboxylic acids is 1. The zero-order valence-electron chi connectivity index (χ0n) is 9.37. The molecule has 0 amide bonds. The second-order valence-electron chi connectivity index (χ2n) is 4.99. The zero-order chi connectivity index (χ0) is 10.9. The molecule has 0 heterocycles. The molecule has 3 heteroatoms. The van der Waals surface area contributed by atoms with E-state index in [0.717, 1.165) is 25.7 Å². The third-order valence-corrected chi connectivity index (χ3v) is 4.04. The summed E-state index contributed by atoms with van der Waals surface area (Å²) in [6.45, 7) is 0. The maximum absolute atomic E-state index is 11.6. The van der Waals surface area contributed by atoms with Crippen molar-refractivity contribution < 1.29 is 14.6 Å². The highest BCUT2D eigenvalue weighted by molar-refractivity contribution is 5.80. The third kappa shape index (κ3) is 1.89. The molecule has 0 radical (unpaired) electrons. The lowest BCUT2D eigenvalue weighted by Gasteiger charge is -2.31. The van der Waals surface area contributed by atoms with E-state index in [9.17, 15) is 9.90 Å². The molecule has 2 aliphatic rings. The van der Waals surface area contributed by atoms with Crippen molar-refractivity contribution in [2.45, 2.75) is 51.0 Å². The van der Waals surface area contributed by atoms with Crippen LogP contribution in [0.1, 0.15) is 44.9 Å². The summed E-state index contributed by atoms with van der Waals surface area (Å²) in [5.74, 6) is 0.112. The lowest BCUT2D eigenvalue weighted by Crippen LogP contribution is -2.37. The summed E-state index contributed by atoms with van der Waals surface area (Å²) in [5.41, 5.74) is -0.531. The summed E-state index contributed by atoms with van der Waals surface area (Å²) in [6.07, 6.45) is 6.94. The summed E-state index contributed by atoms with van der Waals surface area (Å²) >= 11 is 0. The molecule has 1 atom stereocenters. The van der Waals surface area contributed by atoms with Gasteiger partial charge in [0.1, 0.15) is 0 Å². The van der Waals surface area contributed by atoms with E-state index < -0.39 is 11.5 Å². The summed E-state index contributed by atoms with van der Waals surface area (Å²) in [4.78, 5) is 11.6. The Bertz CT molecular complexity index is 239. The number of aliphatic hydroxyl groups is 1. The lowest BCUT2D eigenvalue weighted by molar-refractivity contribution is -0.154. The fourth-order valence-electron chi connectivity index (χ4n) is 2.86. The van der Waals surface area contributed by atoms with Crippen molar-refractivity contribution in [3.63, 3.8) is 0 Å². The largest absolute Gasteiger partial charge is 0.469 e. The van der Waals surface area contributed by atoms with Crippen LogP contribution < -0.4 is 0 Å². The predicted octanol–water partition coefficient (Wildman–Crippen LogP) is 1.88. The minimum absolute atomic E-state index is 0.208. The molecule has 1 N–H and O–H groups in total. The van der Waals surface area contributed by atoms with Gasteiger partial charge < -0.3 is 9.84 Å². The van der Waals surface area contributed by atoms with E-state index >= 15 is 0 Å². The fraction of sp³-hybridized carbons (Fsp3) is 0.917. The maximum atomic E-state index is 11.6. The van der Waals surface area contributed by atoms with E-state index in [0.29, 0.717) is 5.92 Å². The number of ether oxygens (including phenoxy) is 1. The highest BCUT2D eigenvalue weighted by Crippen LogP contribution is 2.53. The number of hydrogen-bond donors (Lipinski definition) is 1. The van der Waals surface area contributed by atoms with Crippen molar-refractivity contribution in [3.05, 3.63) is 0 Å². The molecule has 2 rings (SSSR count). The number of methoxy groups -OCH3 is 1. The minimum atomic E-state index is -0.531. The Morgan fingerprint density at radius 2 is 1.93 bits per heavy atom. The van der Waals surface area contributed by atoms with Crippen LogP contribution in [0.4, 0.5) is 0 Å². The molecule has 86 valence electrons. The topological polar surface area (TPSA) is 46.5 Å². The SMILES string of the molecule is COC(=O)C1(C(O)C2CCCCC2)CC1. The molecule has 0 aromatic heterocycles. The van der Waals surface area contributed by atoms with Crippen molar-refractivity contribution in [3.8, 4) is 0 Å². The summed E-state index contributed by atoms with van der Waals surface area (Å²) in [6, 6.07) is 0. The second kappa shape index (κ2) is 4.12. The van der Waals surface area contributed by atoms with E-state index in [4.69, 9.17) is 4.74 Å². The molecule has 0 aromatic rings. The van der Waals surface area contributed by atoms with Crippen molar-refractivity contribution >= 4 is 5.97 Å². The average Bonchev–Trinajstić information content (AvgIpc) is 3.09. The lowest BCUT2D eigenvalue weighted by atomic mass is 9.79. The quantitative estimate of drug-likeness (QED) is 0.726. The van der Waals surface area contributed by atoms with Gasteiger partial charge in [-0.25, -0.2) is 0 Å². The first-order valence-electron chi connectivity index (χ1n) is 5.97. The van der Waals surface area contributed by atoms with Gasteiger partial charge in [-0.1, -0.05) is 19.3 Å². The Hall–Kier alpha value is -0.570. The molecule has 0 saturated heterocycles. The zero-order valence-corrected chi connectivity index (χ0v) is 9.37. The first kappa shape index (κ1) is 10.9. The van der Waals surface area contributed by atoms with Gasteiger partial charge in [0.2, 0.25) is 0 Å². The molecule has 2 saturated carbocycles. The van der Waals surface area contributed by atoms with Crippen molar-refractivity contribution in [1.82, 2.24) is 0 Å². The maximum Gasteiger partial charge on any atom is 0.314 e. The van der Waals surface area contributed by atoms with Gasteiger partial charge in [-0.05, 0) is 31.6 Å². The molecule has 2 fully saturated rings. The molecule has 2 aliphatic carbocycles. The van der Waals surface area contributed by atoms with Gasteiger partial charge in [0.05, 0.1) is 18.6 Å². The molecule has 0 bridgehead atoms. The second-order valence-corrected chi connectivity index (χ2v) is 4.99. The van der Waals surface area contributed by atoms with Crippen molar-refractivity contribution in [2.24, 2.45) is 11.3 Å². The van der Waals surface area contributed by atoms with Crippen LogP contribution in [0.25, 0.3) is 0 Å². The van der Waals surface area contributed by atoms with Crippen LogP contribution in [0.5, 0.6) is 0 Å². The first-order valence-corrected chi connectivity index (χ1v) is 5.97. The standard InChI is InChI=1S/C12H20O3/c1-15-11(14)12(7-8-12)10(13)9-5-3-2-4-6-9/h9-10,13H,2-8H2,1H3. The molecule has 3 nitrogen and oxygen atoms in total. The Labute approximate surface area is 90.8 Å². The van der Waals surface area contributed by atoms with E-state index in [2.05, 4.69) is 0 Å². The van der Waals surface area contributed by atoms with Crippen LogP contribution >= 0.6 is 0 Å². The van der Waals surface area contributed by atoms with Gasteiger partial charge in [0, 0.05) is 0 Å². The summed E-state index contributed by atoms with van der Waals surface area (Å²) < 4.78 is 4.79. The number of aliphatic hydroxyl groups excluding tert-OH is 1. The molecular weight excluding hydrogens is 192 g/mol. The van der Waals surface area contributed by atoms with Crippen LogP contribution in [-0.2, 0) is 9.53 Å². The van der Waals surface area contributed by atoms with Crippen LogP contribution in [0.3, 0.4) is 0 Å². The molecule has 15 heavy (non-hydrogen) atoms. The Morgan fingerprint density at radius 1 is 1.33 bits per heavy atom. The van der Waals surface area contributed by atoms with E-state index in [1.807, 2.05) is 0 Å². The minimum Gasteiger partial charge on any atom is -0.469 e. The number of carbonyl (C=O) groups is 1. The van der Waals surface area contributed by atoms with Crippen LogP contribution in [0.15, 0.2) is 0 Å². The van der Waals surface area contributed by atoms with Crippen molar-refractivity contribution in [1.29, 1.82) is 0 Å². The number of esters is 1. The van der Waals surface area contributed by atoms with Gasteiger partial charge in [0.15, 0.2) is 0 Å². The molecule has 1 unspecified atom stereocenters. The molecular formula is C12H20O3. The Balaban J connectivity index is 2.00. The van der Waals surface area contributed by atoms with E-state index in [-0.39, 0.29) is 5.97 Å². The smallest absolute Gasteiger partial charge is 0.314 e. The molecule has 0 aliphatic heterocycles. The van der Waals surface area contributed by atoms with Gasteiger partial charge in [-0.15, -0.1) is 0 Å². The van der Waals surface area contributed by atoms with Crippen LogP contribution in [-0.4, -0.2) is 24.3 Å². The summed E-state index contributed by atoms with van der Waals surface area (Å²) in [7, 11) is 1.41. The summed E-state index contributed by atoms with van der Waals surface area (Å²) in [5, 5.41) is 10.3. The van der Waals surface area contributed by atoms with Gasteiger partial charge in [0.25, 0.3) is 0 Å². The van der Waals surface area contributed by atoms with Crippen molar-refractivity contribution in [2.75, 3.05) is 7.11 Å². The van der Waals surface area contributed by atoms with Gasteiger partial charge in [-0.3, -0.25) is 4.79 Å². The average molecular weight is 212 g/mol. The Kier molecular flexibility index (Phi) is 3.01. The third-order valence-electron chi connectivity index (χ3n) is 4.04. The van der Waals surface area contributed by atoms with Gasteiger partial charge >= 0.3 is 5.97 Å². The number of rotatable bonds is 3. The van der Waals surface area contributed by atoms with Crippen LogP contribution in [0.2, 0.25) is 0 Å². The highest BCUT2D eigenvalue weighted by atomic mass is 16.5. The van der Waals surface area contributed by atoms with Crippen LogP contribution in [0, 0.1) is 11.3 Å². The highest BCUT2D eigenvalue weighted by Gasteiger charge is 2.58. The Morgan fingerprint density at radius 3 is 2.40 bits per heavy atom. The fourth-order valence-corrected chi connectivity index (χ4v) is 2.86. The normalized spacial score (nSPS) is 27.1. The van der Waals surface area contributed by atoms with Gasteiger partial charge in [-0.2, -0.15) is 0 Å². The predicted molar refractivity (Wildman–Crippen MR) is 56.3 cm³/mol. The monoisotopic (exact) mass is 212 g/mol. The van der Waals surface area contributed by atoms with E-state index in [1.54, 1.807) is 0 Å². The molecule has 0 spiro atoms.